The average molecular weight is 289 g/mol. The van der Waals surface area contributed by atoms with Crippen LogP contribution in [0.25, 0.3) is 0 Å². The molecule has 1 aromatic heterocycles. The normalized spacial score (nSPS) is 24.7. The Bertz CT molecular complexity index is 545. The zero-order valence-electron chi connectivity index (χ0n) is 12.8. The third-order valence-electron chi connectivity index (χ3n) is 4.81. The van der Waals surface area contributed by atoms with Crippen molar-refractivity contribution in [2.24, 2.45) is 5.92 Å². The highest BCUT2D eigenvalue weighted by molar-refractivity contribution is 5.89. The monoisotopic (exact) mass is 289 g/mol. The fourth-order valence-corrected chi connectivity index (χ4v) is 3.49. The standard InChI is InChI=1S/C16H23N3O2/c1-3-10-4-5-11(8-10)15-18-13-6-7-17-9-12(13)14(19-15)16(20)21-2/h10-11,17H,3-9H2,1-2H3. The zero-order chi connectivity index (χ0) is 14.8. The molecule has 2 heterocycles. The summed E-state index contributed by atoms with van der Waals surface area (Å²) >= 11 is 0. The fraction of sp³-hybridized carbons (Fsp3) is 0.688. The number of ether oxygens (including phenoxy) is 1. The molecule has 0 bridgehead atoms. The molecular formula is C16H23N3O2. The van der Waals surface area contributed by atoms with Crippen LogP contribution >= 0.6 is 0 Å². The Labute approximate surface area is 125 Å². The summed E-state index contributed by atoms with van der Waals surface area (Å²) < 4.78 is 4.91. The van der Waals surface area contributed by atoms with Crippen molar-refractivity contribution < 1.29 is 9.53 Å². The van der Waals surface area contributed by atoms with Gasteiger partial charge in [-0.25, -0.2) is 14.8 Å². The second kappa shape index (κ2) is 6.10. The van der Waals surface area contributed by atoms with Gasteiger partial charge in [0.05, 0.1) is 12.8 Å². The number of hydrogen-bond donors (Lipinski definition) is 1. The first-order valence-electron chi connectivity index (χ1n) is 7.91. The second-order valence-electron chi connectivity index (χ2n) is 6.06. The fourth-order valence-electron chi connectivity index (χ4n) is 3.49. The highest BCUT2D eigenvalue weighted by atomic mass is 16.5. The van der Waals surface area contributed by atoms with Gasteiger partial charge in [0.2, 0.25) is 0 Å². The molecule has 1 aliphatic heterocycles. The highest BCUT2D eigenvalue weighted by Crippen LogP contribution is 2.38. The largest absolute Gasteiger partial charge is 0.464 e. The highest BCUT2D eigenvalue weighted by Gasteiger charge is 2.30. The number of esters is 1. The summed E-state index contributed by atoms with van der Waals surface area (Å²) in [5.41, 5.74) is 2.41. The number of aromatic nitrogens is 2. The van der Waals surface area contributed by atoms with Crippen LogP contribution in [0.3, 0.4) is 0 Å². The molecule has 2 aliphatic rings. The Morgan fingerprint density at radius 1 is 1.38 bits per heavy atom. The summed E-state index contributed by atoms with van der Waals surface area (Å²) in [7, 11) is 1.41. The summed E-state index contributed by atoms with van der Waals surface area (Å²) in [6.07, 6.45) is 5.61. The van der Waals surface area contributed by atoms with Gasteiger partial charge >= 0.3 is 5.97 Å². The molecule has 1 fully saturated rings. The molecule has 2 unspecified atom stereocenters. The van der Waals surface area contributed by atoms with E-state index in [4.69, 9.17) is 9.72 Å². The maximum Gasteiger partial charge on any atom is 0.357 e. The predicted molar refractivity (Wildman–Crippen MR) is 79.2 cm³/mol. The zero-order valence-corrected chi connectivity index (χ0v) is 12.8. The minimum absolute atomic E-state index is 0.344. The van der Waals surface area contributed by atoms with Crippen LogP contribution in [0.5, 0.6) is 0 Å². The van der Waals surface area contributed by atoms with Gasteiger partial charge in [0.15, 0.2) is 5.69 Å². The van der Waals surface area contributed by atoms with Gasteiger partial charge in [-0.15, -0.1) is 0 Å². The molecule has 2 atom stereocenters. The Kier molecular flexibility index (Phi) is 4.19. The first kappa shape index (κ1) is 14.4. The SMILES string of the molecule is CCC1CCC(c2nc3c(c(C(=O)OC)n2)CNCC3)C1. The Morgan fingerprint density at radius 3 is 2.95 bits per heavy atom. The molecule has 0 saturated heterocycles. The van der Waals surface area contributed by atoms with Gasteiger partial charge in [0.1, 0.15) is 5.82 Å². The molecule has 0 spiro atoms. The minimum Gasteiger partial charge on any atom is -0.464 e. The van der Waals surface area contributed by atoms with Crippen LogP contribution in [-0.2, 0) is 17.7 Å². The summed E-state index contributed by atoms with van der Waals surface area (Å²) in [4.78, 5) is 21.4. The van der Waals surface area contributed by atoms with Crippen LogP contribution in [0, 0.1) is 5.92 Å². The van der Waals surface area contributed by atoms with Crippen molar-refractivity contribution in [3.8, 4) is 0 Å². The number of rotatable bonds is 3. The Balaban J connectivity index is 1.96. The lowest BCUT2D eigenvalue weighted by molar-refractivity contribution is 0.0591. The molecule has 0 amide bonds. The van der Waals surface area contributed by atoms with Gasteiger partial charge in [-0.05, 0) is 25.2 Å². The quantitative estimate of drug-likeness (QED) is 0.864. The van der Waals surface area contributed by atoms with E-state index < -0.39 is 0 Å². The molecule has 1 N–H and O–H groups in total. The lowest BCUT2D eigenvalue weighted by atomic mass is 10.00. The smallest absolute Gasteiger partial charge is 0.357 e. The predicted octanol–water partition coefficient (Wildman–Crippen LogP) is 2.20. The van der Waals surface area contributed by atoms with Crippen molar-refractivity contribution in [2.45, 2.75) is 51.5 Å². The number of methoxy groups -OCH3 is 1. The number of fused-ring (bicyclic) bond motifs is 1. The number of carbonyl (C=O) groups is 1. The van der Waals surface area contributed by atoms with Crippen LogP contribution in [0.4, 0.5) is 0 Å². The third kappa shape index (κ3) is 2.79. The van der Waals surface area contributed by atoms with E-state index in [0.29, 0.717) is 18.2 Å². The molecule has 1 aliphatic carbocycles. The molecule has 3 rings (SSSR count). The molecule has 21 heavy (non-hydrogen) atoms. The Morgan fingerprint density at radius 2 is 2.24 bits per heavy atom. The van der Waals surface area contributed by atoms with Gasteiger partial charge in [0, 0.05) is 31.0 Å². The van der Waals surface area contributed by atoms with E-state index in [2.05, 4.69) is 17.2 Å². The molecular weight excluding hydrogens is 266 g/mol. The summed E-state index contributed by atoms with van der Waals surface area (Å²) in [6, 6.07) is 0. The first-order chi connectivity index (χ1) is 10.2. The van der Waals surface area contributed by atoms with Crippen LogP contribution in [0.1, 0.15) is 66.1 Å². The van der Waals surface area contributed by atoms with Gasteiger partial charge in [0.25, 0.3) is 0 Å². The maximum atomic E-state index is 12.0. The van der Waals surface area contributed by atoms with Crippen molar-refractivity contribution in [3.63, 3.8) is 0 Å². The summed E-state index contributed by atoms with van der Waals surface area (Å²) in [5, 5.41) is 3.28. The van der Waals surface area contributed by atoms with E-state index in [1.807, 2.05) is 0 Å². The maximum absolute atomic E-state index is 12.0. The lowest BCUT2D eigenvalue weighted by Crippen LogP contribution is -2.29. The minimum atomic E-state index is -0.344. The number of nitrogens with zero attached hydrogens (tertiary/aromatic N) is 2. The van der Waals surface area contributed by atoms with E-state index in [1.165, 1.54) is 20.0 Å². The van der Waals surface area contributed by atoms with Crippen LogP contribution in [-0.4, -0.2) is 29.6 Å². The van der Waals surface area contributed by atoms with Crippen LogP contribution in [0.15, 0.2) is 0 Å². The molecule has 0 aromatic carbocycles. The van der Waals surface area contributed by atoms with Crippen molar-refractivity contribution in [3.05, 3.63) is 22.8 Å². The number of carbonyl (C=O) groups excluding carboxylic acids is 1. The number of hydrogen-bond acceptors (Lipinski definition) is 5. The molecule has 1 saturated carbocycles. The molecule has 5 nitrogen and oxygen atoms in total. The van der Waals surface area contributed by atoms with Gasteiger partial charge in [-0.3, -0.25) is 0 Å². The average Bonchev–Trinajstić information content (AvgIpc) is 3.02. The van der Waals surface area contributed by atoms with Crippen molar-refractivity contribution in [1.82, 2.24) is 15.3 Å². The number of nitrogens with one attached hydrogen (secondary N) is 1. The van der Waals surface area contributed by atoms with E-state index in [-0.39, 0.29) is 5.97 Å². The first-order valence-corrected chi connectivity index (χ1v) is 7.91. The molecule has 114 valence electrons. The van der Waals surface area contributed by atoms with E-state index in [0.717, 1.165) is 48.8 Å². The van der Waals surface area contributed by atoms with Crippen molar-refractivity contribution in [2.75, 3.05) is 13.7 Å². The van der Waals surface area contributed by atoms with Gasteiger partial charge in [-0.2, -0.15) is 0 Å². The molecule has 1 aromatic rings. The van der Waals surface area contributed by atoms with Gasteiger partial charge in [-0.1, -0.05) is 13.3 Å². The lowest BCUT2D eigenvalue weighted by Gasteiger charge is -2.20. The van der Waals surface area contributed by atoms with E-state index >= 15 is 0 Å². The second-order valence-corrected chi connectivity index (χ2v) is 6.06. The van der Waals surface area contributed by atoms with Crippen molar-refractivity contribution in [1.29, 1.82) is 0 Å². The summed E-state index contributed by atoms with van der Waals surface area (Å²) in [6.45, 7) is 3.81. The topological polar surface area (TPSA) is 64.1 Å². The summed E-state index contributed by atoms with van der Waals surface area (Å²) in [5.74, 6) is 1.69. The molecule has 0 radical (unpaired) electrons. The van der Waals surface area contributed by atoms with Gasteiger partial charge < -0.3 is 10.1 Å². The van der Waals surface area contributed by atoms with Crippen LogP contribution in [0.2, 0.25) is 0 Å². The Hall–Kier alpha value is -1.49. The third-order valence-corrected chi connectivity index (χ3v) is 4.81. The molecule has 5 heteroatoms. The van der Waals surface area contributed by atoms with Crippen molar-refractivity contribution >= 4 is 5.97 Å². The van der Waals surface area contributed by atoms with Crippen LogP contribution < -0.4 is 5.32 Å². The van der Waals surface area contributed by atoms with E-state index in [1.54, 1.807) is 0 Å². The van der Waals surface area contributed by atoms with E-state index in [9.17, 15) is 4.79 Å².